The molecule has 0 aromatic carbocycles. The second-order valence-electron chi connectivity index (χ2n) is 3.13. The molecule has 13 heavy (non-hydrogen) atoms. The molecule has 0 saturated carbocycles. The predicted molar refractivity (Wildman–Crippen MR) is 46.4 cm³/mol. The van der Waals surface area contributed by atoms with Crippen LogP contribution in [-0.4, -0.2) is 11.1 Å². The summed E-state index contributed by atoms with van der Waals surface area (Å²) in [7, 11) is 0. The van der Waals surface area contributed by atoms with Gasteiger partial charge >= 0.3 is 5.97 Å². The number of nitriles is 1. The number of nitrogens with zero attached hydrogens (tertiary/aromatic N) is 1. The van der Waals surface area contributed by atoms with E-state index in [1.54, 1.807) is 0 Å². The third-order valence-electron chi connectivity index (χ3n) is 1.83. The molecule has 72 valence electrons. The Bertz CT molecular complexity index is 250. The number of hydrogen-bond donors (Lipinski definition) is 1. The molecule has 0 spiro atoms. The fraction of sp³-hybridized carbons (Fsp3) is 0.556. The first-order valence-electron chi connectivity index (χ1n) is 4.00. The fourth-order valence-electron chi connectivity index (χ4n) is 0.629. The van der Waals surface area contributed by atoms with Gasteiger partial charge in [0.15, 0.2) is 0 Å². The van der Waals surface area contributed by atoms with Crippen LogP contribution < -0.4 is 0 Å². The first kappa shape index (κ1) is 11.5. The Morgan fingerprint density at radius 1 is 1.54 bits per heavy atom. The number of carbonyl (C=O) groups is 1. The van der Waals surface area contributed by atoms with Crippen molar-refractivity contribution in [1.82, 2.24) is 0 Å². The topological polar surface area (TPSA) is 70.3 Å². The SMILES string of the molecule is CC(C)C(C)/C=C(/OC#N)C(=O)O. The maximum Gasteiger partial charge on any atom is 0.372 e. The van der Waals surface area contributed by atoms with Crippen LogP contribution in [0.4, 0.5) is 0 Å². The largest absolute Gasteiger partial charge is 0.475 e. The van der Waals surface area contributed by atoms with E-state index in [4.69, 9.17) is 10.4 Å². The van der Waals surface area contributed by atoms with Gasteiger partial charge in [0, 0.05) is 0 Å². The van der Waals surface area contributed by atoms with Crippen molar-refractivity contribution in [3.05, 3.63) is 11.8 Å². The van der Waals surface area contributed by atoms with Crippen LogP contribution in [0.1, 0.15) is 20.8 Å². The van der Waals surface area contributed by atoms with E-state index in [-0.39, 0.29) is 11.7 Å². The van der Waals surface area contributed by atoms with E-state index >= 15 is 0 Å². The third kappa shape index (κ3) is 4.16. The first-order chi connectivity index (χ1) is 5.99. The van der Waals surface area contributed by atoms with Crippen molar-refractivity contribution < 1.29 is 14.6 Å². The van der Waals surface area contributed by atoms with E-state index in [1.807, 2.05) is 20.8 Å². The molecule has 0 aromatic rings. The smallest absolute Gasteiger partial charge is 0.372 e. The van der Waals surface area contributed by atoms with Gasteiger partial charge in [0.1, 0.15) is 0 Å². The fourth-order valence-corrected chi connectivity index (χ4v) is 0.629. The van der Waals surface area contributed by atoms with Crippen molar-refractivity contribution in [2.45, 2.75) is 20.8 Å². The summed E-state index contributed by atoms with van der Waals surface area (Å²) in [6, 6.07) is 0. The number of hydrogen-bond acceptors (Lipinski definition) is 3. The van der Waals surface area contributed by atoms with Gasteiger partial charge in [-0.05, 0) is 17.9 Å². The van der Waals surface area contributed by atoms with E-state index in [9.17, 15) is 4.79 Å². The summed E-state index contributed by atoms with van der Waals surface area (Å²) in [5.74, 6) is -1.13. The molecule has 0 saturated heterocycles. The highest BCUT2D eigenvalue weighted by Gasteiger charge is 2.12. The molecule has 0 amide bonds. The monoisotopic (exact) mass is 183 g/mol. The predicted octanol–water partition coefficient (Wildman–Crippen LogP) is 1.74. The van der Waals surface area contributed by atoms with Gasteiger partial charge in [-0.15, -0.1) is 5.26 Å². The lowest BCUT2D eigenvalue weighted by Gasteiger charge is -2.10. The van der Waals surface area contributed by atoms with Crippen LogP contribution in [0.15, 0.2) is 11.8 Å². The zero-order valence-electron chi connectivity index (χ0n) is 7.94. The second kappa shape index (κ2) is 5.20. The molecule has 0 aromatic heterocycles. The Morgan fingerprint density at radius 2 is 2.08 bits per heavy atom. The highest BCUT2D eigenvalue weighted by Crippen LogP contribution is 2.14. The average Bonchev–Trinajstić information content (AvgIpc) is 2.03. The lowest BCUT2D eigenvalue weighted by molar-refractivity contribution is -0.135. The van der Waals surface area contributed by atoms with Gasteiger partial charge in [0.25, 0.3) is 6.26 Å². The lowest BCUT2D eigenvalue weighted by Crippen LogP contribution is -2.07. The van der Waals surface area contributed by atoms with Crippen molar-refractivity contribution in [2.24, 2.45) is 11.8 Å². The zero-order chi connectivity index (χ0) is 10.4. The second-order valence-corrected chi connectivity index (χ2v) is 3.13. The molecule has 0 aliphatic carbocycles. The highest BCUT2D eigenvalue weighted by molar-refractivity contribution is 5.84. The van der Waals surface area contributed by atoms with Crippen LogP contribution in [0.3, 0.4) is 0 Å². The number of aliphatic carboxylic acids is 1. The summed E-state index contributed by atoms with van der Waals surface area (Å²) < 4.78 is 4.29. The Hall–Kier alpha value is -1.50. The van der Waals surface area contributed by atoms with Crippen molar-refractivity contribution in [2.75, 3.05) is 0 Å². The zero-order valence-corrected chi connectivity index (χ0v) is 7.94. The van der Waals surface area contributed by atoms with Crippen molar-refractivity contribution in [1.29, 1.82) is 5.26 Å². The highest BCUT2D eigenvalue weighted by atomic mass is 16.5. The van der Waals surface area contributed by atoms with E-state index in [0.717, 1.165) is 0 Å². The van der Waals surface area contributed by atoms with E-state index in [2.05, 4.69) is 4.74 Å². The van der Waals surface area contributed by atoms with Crippen LogP contribution in [0.2, 0.25) is 0 Å². The normalized spacial score (nSPS) is 13.6. The lowest BCUT2D eigenvalue weighted by atomic mass is 9.97. The van der Waals surface area contributed by atoms with Crippen molar-refractivity contribution in [3.8, 4) is 6.26 Å². The molecule has 0 radical (unpaired) electrons. The Kier molecular flexibility index (Phi) is 4.60. The molecule has 1 unspecified atom stereocenters. The first-order valence-corrected chi connectivity index (χ1v) is 4.00. The molecule has 1 N–H and O–H groups in total. The Labute approximate surface area is 77.4 Å². The molecule has 1 atom stereocenters. The van der Waals surface area contributed by atoms with E-state index < -0.39 is 5.97 Å². The molecule has 0 aliphatic rings. The number of carboxylic acid groups (broad SMARTS) is 1. The summed E-state index contributed by atoms with van der Waals surface area (Å²) in [4.78, 5) is 10.5. The standard InChI is InChI=1S/C9H13NO3/c1-6(2)7(3)4-8(9(11)12)13-5-10/h4,6-7H,1-3H3,(H,11,12)/b8-4+. The average molecular weight is 183 g/mol. The summed E-state index contributed by atoms with van der Waals surface area (Å²) >= 11 is 0. The van der Waals surface area contributed by atoms with Crippen LogP contribution >= 0.6 is 0 Å². The molecule has 0 rings (SSSR count). The minimum atomic E-state index is -1.21. The quantitative estimate of drug-likeness (QED) is 0.409. The van der Waals surface area contributed by atoms with Gasteiger partial charge in [-0.3, -0.25) is 0 Å². The summed E-state index contributed by atoms with van der Waals surface area (Å²) in [6.07, 6.45) is 2.78. The number of carboxylic acids is 1. The van der Waals surface area contributed by atoms with Crippen LogP contribution in [0.25, 0.3) is 0 Å². The van der Waals surface area contributed by atoms with Crippen molar-refractivity contribution >= 4 is 5.97 Å². The van der Waals surface area contributed by atoms with Gasteiger partial charge in [0.2, 0.25) is 5.76 Å². The maximum atomic E-state index is 10.5. The molecular weight excluding hydrogens is 170 g/mol. The molecule has 4 heteroatoms. The number of allylic oxidation sites excluding steroid dienone is 1. The van der Waals surface area contributed by atoms with E-state index in [1.165, 1.54) is 12.3 Å². The van der Waals surface area contributed by atoms with Gasteiger partial charge in [-0.2, -0.15) is 0 Å². The van der Waals surface area contributed by atoms with E-state index in [0.29, 0.717) is 5.92 Å². The summed E-state index contributed by atoms with van der Waals surface area (Å²) in [5.41, 5.74) is 0. The maximum absolute atomic E-state index is 10.5. The van der Waals surface area contributed by atoms with Gasteiger partial charge in [-0.25, -0.2) is 4.79 Å². The molecular formula is C9H13NO3. The minimum Gasteiger partial charge on any atom is -0.475 e. The Balaban J connectivity index is 4.54. The summed E-state index contributed by atoms with van der Waals surface area (Å²) in [6.45, 7) is 5.80. The Morgan fingerprint density at radius 3 is 2.38 bits per heavy atom. The van der Waals surface area contributed by atoms with Crippen LogP contribution in [0.5, 0.6) is 0 Å². The van der Waals surface area contributed by atoms with Crippen LogP contribution in [0, 0.1) is 23.4 Å². The molecule has 0 heterocycles. The third-order valence-corrected chi connectivity index (χ3v) is 1.83. The summed E-state index contributed by atoms with van der Waals surface area (Å²) in [5, 5.41) is 16.8. The van der Waals surface area contributed by atoms with Crippen molar-refractivity contribution in [3.63, 3.8) is 0 Å². The molecule has 4 nitrogen and oxygen atoms in total. The van der Waals surface area contributed by atoms with Gasteiger partial charge in [-0.1, -0.05) is 20.8 Å². The molecule has 0 aliphatic heterocycles. The van der Waals surface area contributed by atoms with Crippen LogP contribution in [-0.2, 0) is 9.53 Å². The van der Waals surface area contributed by atoms with Gasteiger partial charge in [0.05, 0.1) is 0 Å². The minimum absolute atomic E-state index is 0.0689. The number of rotatable bonds is 4. The van der Waals surface area contributed by atoms with Gasteiger partial charge < -0.3 is 9.84 Å². The number of ether oxygens (including phenoxy) is 1. The molecule has 0 fully saturated rings. The molecule has 0 bridgehead atoms.